The molecule has 1 rings (SSSR count). The van der Waals surface area contributed by atoms with Crippen LogP contribution in [0.5, 0.6) is 5.75 Å². The standard InChI is InChI=1S/C13H15N3O5/c1-9(13(17)15-5-6-20-2)21-12-4-3-10(8-14)7-11(12)16(18)19/h3-4,7,9H,5-6H2,1-2H3,(H,15,17). The molecule has 1 atom stereocenters. The minimum atomic E-state index is -0.909. The smallest absolute Gasteiger partial charge is 0.312 e. The Morgan fingerprint density at radius 3 is 2.86 bits per heavy atom. The summed E-state index contributed by atoms with van der Waals surface area (Å²) < 4.78 is 10.1. The van der Waals surface area contributed by atoms with Crippen molar-refractivity contribution in [3.8, 4) is 11.8 Å². The molecule has 1 N–H and O–H groups in total. The number of amides is 1. The molecule has 8 heteroatoms. The van der Waals surface area contributed by atoms with E-state index in [9.17, 15) is 14.9 Å². The molecule has 0 aliphatic heterocycles. The van der Waals surface area contributed by atoms with Crippen molar-refractivity contribution in [1.82, 2.24) is 5.32 Å². The van der Waals surface area contributed by atoms with Gasteiger partial charge in [-0.3, -0.25) is 14.9 Å². The Hall–Kier alpha value is -2.66. The highest BCUT2D eigenvalue weighted by Crippen LogP contribution is 2.28. The van der Waals surface area contributed by atoms with Gasteiger partial charge in [0.25, 0.3) is 5.91 Å². The summed E-state index contributed by atoms with van der Waals surface area (Å²) in [7, 11) is 1.51. The number of carbonyl (C=O) groups excluding carboxylic acids is 1. The van der Waals surface area contributed by atoms with Gasteiger partial charge in [-0.15, -0.1) is 0 Å². The Balaban J connectivity index is 2.80. The van der Waals surface area contributed by atoms with E-state index in [1.165, 1.54) is 26.2 Å². The molecule has 1 unspecified atom stereocenters. The minimum absolute atomic E-state index is 0.0617. The van der Waals surface area contributed by atoms with Crippen molar-refractivity contribution in [2.24, 2.45) is 0 Å². The van der Waals surface area contributed by atoms with Gasteiger partial charge in [-0.25, -0.2) is 0 Å². The van der Waals surface area contributed by atoms with Crippen LogP contribution >= 0.6 is 0 Å². The molecule has 0 aliphatic rings. The Kier molecular flexibility index (Phi) is 6.10. The molecule has 1 aromatic carbocycles. The zero-order chi connectivity index (χ0) is 15.8. The van der Waals surface area contributed by atoms with Crippen LogP contribution in [0.2, 0.25) is 0 Å². The van der Waals surface area contributed by atoms with Crippen LogP contribution in [0.25, 0.3) is 0 Å². The van der Waals surface area contributed by atoms with Gasteiger partial charge in [0, 0.05) is 19.7 Å². The summed E-state index contributed by atoms with van der Waals surface area (Å²) in [5.74, 6) is -0.473. The summed E-state index contributed by atoms with van der Waals surface area (Å²) in [6.07, 6.45) is -0.909. The quantitative estimate of drug-likeness (QED) is 0.455. The van der Waals surface area contributed by atoms with Gasteiger partial charge in [-0.05, 0) is 19.1 Å². The molecule has 0 spiro atoms. The number of hydrogen-bond donors (Lipinski definition) is 1. The molecule has 112 valence electrons. The van der Waals surface area contributed by atoms with Crippen LogP contribution in [0.3, 0.4) is 0 Å². The Labute approximate surface area is 121 Å². The normalized spacial score (nSPS) is 11.3. The van der Waals surface area contributed by atoms with Crippen molar-refractivity contribution in [3.63, 3.8) is 0 Å². The van der Waals surface area contributed by atoms with E-state index in [0.717, 1.165) is 6.07 Å². The van der Waals surface area contributed by atoms with E-state index in [2.05, 4.69) is 5.32 Å². The molecular formula is C13H15N3O5. The van der Waals surface area contributed by atoms with E-state index in [4.69, 9.17) is 14.7 Å². The number of nitrogens with one attached hydrogen (secondary N) is 1. The molecule has 0 saturated heterocycles. The molecule has 21 heavy (non-hydrogen) atoms. The van der Waals surface area contributed by atoms with Crippen molar-refractivity contribution in [2.75, 3.05) is 20.3 Å². The number of ether oxygens (including phenoxy) is 2. The van der Waals surface area contributed by atoms with Crippen molar-refractivity contribution in [1.29, 1.82) is 5.26 Å². The van der Waals surface area contributed by atoms with Gasteiger partial charge in [0.05, 0.1) is 23.2 Å². The van der Waals surface area contributed by atoms with Crippen LogP contribution in [0, 0.1) is 21.4 Å². The fourth-order valence-corrected chi connectivity index (χ4v) is 1.49. The molecule has 0 fully saturated rings. The largest absolute Gasteiger partial charge is 0.474 e. The summed E-state index contributed by atoms with van der Waals surface area (Å²) >= 11 is 0. The summed E-state index contributed by atoms with van der Waals surface area (Å²) in [4.78, 5) is 22.0. The molecule has 1 aromatic rings. The molecular weight excluding hydrogens is 278 g/mol. The fraction of sp³-hybridized carbons (Fsp3) is 0.385. The number of benzene rings is 1. The number of nitro benzene ring substituents is 1. The fourth-order valence-electron chi connectivity index (χ4n) is 1.49. The van der Waals surface area contributed by atoms with E-state index in [1.807, 2.05) is 0 Å². The average Bonchev–Trinajstić information content (AvgIpc) is 2.47. The van der Waals surface area contributed by atoms with Crippen molar-refractivity contribution < 1.29 is 19.2 Å². The van der Waals surface area contributed by atoms with Gasteiger partial charge < -0.3 is 14.8 Å². The summed E-state index contributed by atoms with van der Waals surface area (Å²) in [5, 5.41) is 22.3. The molecule has 0 radical (unpaired) electrons. The maximum absolute atomic E-state index is 11.7. The number of hydrogen-bond acceptors (Lipinski definition) is 6. The second kappa shape index (κ2) is 7.81. The van der Waals surface area contributed by atoms with Gasteiger partial charge in [0.15, 0.2) is 11.9 Å². The topological polar surface area (TPSA) is 114 Å². The lowest BCUT2D eigenvalue weighted by molar-refractivity contribution is -0.386. The SMILES string of the molecule is COCCNC(=O)C(C)Oc1ccc(C#N)cc1[N+](=O)[O-]. The first-order valence-corrected chi connectivity index (χ1v) is 6.11. The van der Waals surface area contributed by atoms with Gasteiger partial charge >= 0.3 is 5.69 Å². The van der Waals surface area contributed by atoms with E-state index in [1.54, 1.807) is 6.07 Å². The lowest BCUT2D eigenvalue weighted by Gasteiger charge is -2.14. The lowest BCUT2D eigenvalue weighted by Crippen LogP contribution is -2.38. The van der Waals surface area contributed by atoms with Gasteiger partial charge in [-0.2, -0.15) is 5.26 Å². The molecule has 8 nitrogen and oxygen atoms in total. The first kappa shape index (κ1) is 16.4. The minimum Gasteiger partial charge on any atom is -0.474 e. The van der Waals surface area contributed by atoms with Crippen molar-refractivity contribution >= 4 is 11.6 Å². The van der Waals surface area contributed by atoms with E-state index >= 15 is 0 Å². The molecule has 0 bridgehead atoms. The number of nitro groups is 1. The molecule has 0 aliphatic carbocycles. The maximum atomic E-state index is 11.7. The third kappa shape index (κ3) is 4.74. The highest BCUT2D eigenvalue weighted by Gasteiger charge is 2.21. The molecule has 0 heterocycles. The summed E-state index contributed by atoms with van der Waals surface area (Å²) in [6.45, 7) is 2.15. The Bertz CT molecular complexity index is 567. The van der Waals surface area contributed by atoms with Crippen LogP contribution in [-0.2, 0) is 9.53 Å². The number of methoxy groups -OCH3 is 1. The van der Waals surface area contributed by atoms with Crippen LogP contribution < -0.4 is 10.1 Å². The van der Waals surface area contributed by atoms with Gasteiger partial charge in [0.2, 0.25) is 0 Å². The van der Waals surface area contributed by atoms with E-state index in [-0.39, 0.29) is 17.0 Å². The third-order valence-corrected chi connectivity index (χ3v) is 2.56. The summed E-state index contributed by atoms with van der Waals surface area (Å²) in [5.41, 5.74) is -0.211. The third-order valence-electron chi connectivity index (χ3n) is 2.56. The highest BCUT2D eigenvalue weighted by atomic mass is 16.6. The van der Waals surface area contributed by atoms with Crippen molar-refractivity contribution in [3.05, 3.63) is 33.9 Å². The van der Waals surface area contributed by atoms with Crippen LogP contribution in [0.15, 0.2) is 18.2 Å². The monoisotopic (exact) mass is 293 g/mol. The molecule has 0 aromatic heterocycles. The molecule has 0 saturated carbocycles. The predicted molar refractivity (Wildman–Crippen MR) is 72.8 cm³/mol. The van der Waals surface area contributed by atoms with Gasteiger partial charge in [0.1, 0.15) is 0 Å². The van der Waals surface area contributed by atoms with E-state index < -0.39 is 16.9 Å². The molecule has 1 amide bonds. The van der Waals surface area contributed by atoms with Crippen LogP contribution in [0.4, 0.5) is 5.69 Å². The van der Waals surface area contributed by atoms with E-state index in [0.29, 0.717) is 13.2 Å². The van der Waals surface area contributed by atoms with Crippen LogP contribution in [-0.4, -0.2) is 37.2 Å². The number of nitriles is 1. The average molecular weight is 293 g/mol. The first-order chi connectivity index (χ1) is 9.99. The highest BCUT2D eigenvalue weighted by molar-refractivity contribution is 5.80. The zero-order valence-electron chi connectivity index (χ0n) is 11.7. The number of nitrogens with zero attached hydrogens (tertiary/aromatic N) is 2. The predicted octanol–water partition coefficient (Wildman–Crippen LogP) is 0.996. The second-order valence-electron chi connectivity index (χ2n) is 4.10. The van der Waals surface area contributed by atoms with Crippen molar-refractivity contribution in [2.45, 2.75) is 13.0 Å². The first-order valence-electron chi connectivity index (χ1n) is 6.11. The zero-order valence-corrected chi connectivity index (χ0v) is 11.7. The Morgan fingerprint density at radius 1 is 1.57 bits per heavy atom. The second-order valence-corrected chi connectivity index (χ2v) is 4.10. The Morgan fingerprint density at radius 2 is 2.29 bits per heavy atom. The van der Waals surface area contributed by atoms with Crippen LogP contribution in [0.1, 0.15) is 12.5 Å². The maximum Gasteiger partial charge on any atom is 0.312 e. The number of carbonyl (C=O) groups is 1. The lowest BCUT2D eigenvalue weighted by atomic mass is 10.2. The number of rotatable bonds is 7. The summed E-state index contributed by atoms with van der Waals surface area (Å²) in [6, 6.07) is 5.60. The van der Waals surface area contributed by atoms with Gasteiger partial charge in [-0.1, -0.05) is 0 Å².